The van der Waals surface area contributed by atoms with Crippen LogP contribution in [0.5, 0.6) is 5.75 Å². The van der Waals surface area contributed by atoms with Crippen LogP contribution < -0.4 is 10.1 Å². The Morgan fingerprint density at radius 3 is 2.73 bits per heavy atom. The number of nitrogens with one attached hydrogen (secondary N) is 1. The highest BCUT2D eigenvalue weighted by molar-refractivity contribution is 5.82. The SMILES string of the molecule is CO[C@H]1CNCC2CCOc3cc4cc(C)cnc4cc3CN21.O=C(O)C(F)(F)F. The number of nitrogens with zero attached hydrogens (tertiary/aromatic N) is 2. The number of fused-ring (bicyclic) bond motifs is 3. The van der Waals surface area contributed by atoms with Crippen LogP contribution in [-0.2, 0) is 16.1 Å². The van der Waals surface area contributed by atoms with E-state index in [1.165, 1.54) is 11.1 Å². The second kappa shape index (κ2) is 9.15. The number of carboxylic acids is 1. The summed E-state index contributed by atoms with van der Waals surface area (Å²) in [6.07, 6.45) is -2.04. The number of ether oxygens (including phenoxy) is 2. The Hall–Kier alpha value is -2.43. The molecule has 2 atom stereocenters. The Morgan fingerprint density at radius 2 is 2.07 bits per heavy atom. The molecule has 0 bridgehead atoms. The summed E-state index contributed by atoms with van der Waals surface area (Å²) in [7, 11) is 1.79. The van der Waals surface area contributed by atoms with Crippen LogP contribution in [0, 0.1) is 6.92 Å². The highest BCUT2D eigenvalue weighted by atomic mass is 19.4. The summed E-state index contributed by atoms with van der Waals surface area (Å²) < 4.78 is 43.5. The summed E-state index contributed by atoms with van der Waals surface area (Å²) in [5.41, 5.74) is 3.39. The number of hydrogen-bond acceptors (Lipinski definition) is 6. The van der Waals surface area contributed by atoms with Gasteiger partial charge in [0.2, 0.25) is 0 Å². The van der Waals surface area contributed by atoms with Crippen LogP contribution in [0.15, 0.2) is 24.4 Å². The first kappa shape index (κ1) is 22.3. The Bertz CT molecular complexity index is 907. The van der Waals surface area contributed by atoms with Crippen molar-refractivity contribution >= 4 is 16.9 Å². The summed E-state index contributed by atoms with van der Waals surface area (Å²) in [5, 5.41) is 11.7. The van der Waals surface area contributed by atoms with E-state index in [1.807, 2.05) is 6.20 Å². The van der Waals surface area contributed by atoms with Gasteiger partial charge >= 0.3 is 12.1 Å². The molecule has 1 aromatic carbocycles. The van der Waals surface area contributed by atoms with Crippen molar-refractivity contribution in [2.24, 2.45) is 0 Å². The second-order valence-electron chi connectivity index (χ2n) is 7.28. The van der Waals surface area contributed by atoms with Crippen molar-refractivity contribution in [2.45, 2.75) is 38.3 Å². The van der Waals surface area contributed by atoms with Crippen LogP contribution in [0.4, 0.5) is 13.2 Å². The summed E-state index contributed by atoms with van der Waals surface area (Å²) in [6, 6.07) is 6.91. The first-order valence-corrected chi connectivity index (χ1v) is 9.50. The van der Waals surface area contributed by atoms with E-state index in [0.717, 1.165) is 49.3 Å². The van der Waals surface area contributed by atoms with E-state index < -0.39 is 12.1 Å². The topological polar surface area (TPSA) is 83.9 Å². The molecule has 1 unspecified atom stereocenters. The van der Waals surface area contributed by atoms with E-state index in [2.05, 4.69) is 40.3 Å². The number of rotatable bonds is 1. The number of aromatic nitrogens is 1. The van der Waals surface area contributed by atoms with Gasteiger partial charge in [-0.1, -0.05) is 0 Å². The first-order valence-electron chi connectivity index (χ1n) is 9.50. The molecular weight excluding hydrogens is 403 g/mol. The lowest BCUT2D eigenvalue weighted by molar-refractivity contribution is -0.192. The third-order valence-corrected chi connectivity index (χ3v) is 5.11. The summed E-state index contributed by atoms with van der Waals surface area (Å²) >= 11 is 0. The number of aliphatic carboxylic acids is 1. The van der Waals surface area contributed by atoms with Crippen LogP contribution in [0.25, 0.3) is 10.9 Å². The van der Waals surface area contributed by atoms with Gasteiger partial charge in [0.15, 0.2) is 0 Å². The van der Waals surface area contributed by atoms with Crippen molar-refractivity contribution in [3.05, 3.63) is 35.5 Å². The largest absolute Gasteiger partial charge is 0.493 e. The fourth-order valence-corrected chi connectivity index (χ4v) is 3.63. The van der Waals surface area contributed by atoms with E-state index in [9.17, 15) is 13.2 Å². The molecule has 0 aliphatic carbocycles. The number of alkyl halides is 3. The maximum Gasteiger partial charge on any atom is 0.490 e. The Balaban J connectivity index is 0.000000318. The molecule has 0 amide bonds. The van der Waals surface area contributed by atoms with Gasteiger partial charge in [0.1, 0.15) is 12.0 Å². The number of carboxylic acid groups (broad SMARTS) is 1. The molecule has 4 rings (SSSR count). The van der Waals surface area contributed by atoms with Crippen LogP contribution >= 0.6 is 0 Å². The Morgan fingerprint density at radius 1 is 1.33 bits per heavy atom. The second-order valence-corrected chi connectivity index (χ2v) is 7.28. The third kappa shape index (κ3) is 5.18. The molecule has 0 radical (unpaired) electrons. The Kier molecular flexibility index (Phi) is 6.79. The van der Waals surface area contributed by atoms with Gasteiger partial charge in [0.05, 0.1) is 12.1 Å². The molecule has 3 heterocycles. The van der Waals surface area contributed by atoms with Gasteiger partial charge in [0.25, 0.3) is 0 Å². The summed E-state index contributed by atoms with van der Waals surface area (Å²) in [6.45, 7) is 5.50. The summed E-state index contributed by atoms with van der Waals surface area (Å²) in [5.74, 6) is -1.77. The minimum absolute atomic E-state index is 0.112. The van der Waals surface area contributed by atoms with Crippen LogP contribution in [0.1, 0.15) is 17.5 Å². The minimum Gasteiger partial charge on any atom is -0.493 e. The molecular formula is C20H24F3N3O4. The van der Waals surface area contributed by atoms with Crippen LogP contribution in [0.2, 0.25) is 0 Å². The lowest BCUT2D eigenvalue weighted by atomic mass is 10.0. The predicted octanol–water partition coefficient (Wildman–Crippen LogP) is 2.71. The monoisotopic (exact) mass is 427 g/mol. The van der Waals surface area contributed by atoms with Gasteiger partial charge in [-0.15, -0.1) is 0 Å². The molecule has 7 nitrogen and oxygen atoms in total. The lowest BCUT2D eigenvalue weighted by Gasteiger charge is -2.43. The van der Waals surface area contributed by atoms with Crippen molar-refractivity contribution in [1.82, 2.24) is 15.2 Å². The number of carbonyl (C=O) groups is 1. The van der Waals surface area contributed by atoms with Gasteiger partial charge in [-0.25, -0.2) is 4.79 Å². The zero-order valence-corrected chi connectivity index (χ0v) is 16.7. The lowest BCUT2D eigenvalue weighted by Crippen LogP contribution is -2.58. The maximum absolute atomic E-state index is 10.6. The van der Waals surface area contributed by atoms with Crippen molar-refractivity contribution in [2.75, 3.05) is 26.8 Å². The molecule has 0 spiro atoms. The molecule has 164 valence electrons. The van der Waals surface area contributed by atoms with Gasteiger partial charge in [0, 0.05) is 49.9 Å². The van der Waals surface area contributed by atoms with E-state index in [-0.39, 0.29) is 6.23 Å². The van der Waals surface area contributed by atoms with Gasteiger partial charge < -0.3 is 19.9 Å². The van der Waals surface area contributed by atoms with Crippen molar-refractivity contribution in [3.8, 4) is 5.75 Å². The van der Waals surface area contributed by atoms with Gasteiger partial charge in [-0.05, 0) is 37.1 Å². The fourth-order valence-electron chi connectivity index (χ4n) is 3.63. The van der Waals surface area contributed by atoms with Gasteiger partial charge in [-0.2, -0.15) is 13.2 Å². The number of hydrogen-bond donors (Lipinski definition) is 2. The van der Waals surface area contributed by atoms with E-state index in [1.54, 1.807) is 7.11 Å². The van der Waals surface area contributed by atoms with E-state index >= 15 is 0 Å². The summed E-state index contributed by atoms with van der Waals surface area (Å²) in [4.78, 5) is 15.9. The number of halogens is 3. The van der Waals surface area contributed by atoms with Gasteiger partial charge in [-0.3, -0.25) is 9.88 Å². The molecule has 2 aromatic rings. The average molecular weight is 427 g/mol. The molecule has 1 fully saturated rings. The standard InChI is InChI=1S/C18H23N3O2.C2HF3O2/c1-12-5-13-7-17-14(6-16(13)20-8-12)11-21-15(3-4-23-17)9-19-10-18(21)22-2;3-2(4,5)1(6)7/h5-8,15,18-19H,3-4,9-11H2,1-2H3;(H,6,7)/t15?,18-;/m0./s1. The number of piperazine rings is 1. The first-order chi connectivity index (χ1) is 14.2. The number of pyridine rings is 1. The number of benzene rings is 1. The van der Waals surface area contributed by atoms with Crippen molar-refractivity contribution in [3.63, 3.8) is 0 Å². The normalized spacial score (nSPS) is 21.9. The predicted molar refractivity (Wildman–Crippen MR) is 103 cm³/mol. The minimum atomic E-state index is -5.08. The molecule has 2 aliphatic heterocycles. The molecule has 2 N–H and O–H groups in total. The molecule has 1 aromatic heterocycles. The molecule has 0 saturated carbocycles. The number of methoxy groups -OCH3 is 1. The highest BCUT2D eigenvalue weighted by Crippen LogP contribution is 2.31. The van der Waals surface area contributed by atoms with Crippen LogP contribution in [0.3, 0.4) is 0 Å². The van der Waals surface area contributed by atoms with E-state index in [4.69, 9.17) is 19.4 Å². The quantitative estimate of drug-likeness (QED) is 0.724. The zero-order valence-electron chi connectivity index (χ0n) is 16.7. The smallest absolute Gasteiger partial charge is 0.490 e. The third-order valence-electron chi connectivity index (χ3n) is 5.11. The molecule has 30 heavy (non-hydrogen) atoms. The fraction of sp³-hybridized carbons (Fsp3) is 0.500. The maximum atomic E-state index is 10.6. The van der Waals surface area contributed by atoms with Crippen molar-refractivity contribution < 1.29 is 32.5 Å². The molecule has 1 saturated heterocycles. The van der Waals surface area contributed by atoms with Crippen molar-refractivity contribution in [1.29, 1.82) is 0 Å². The Labute approximate surface area is 171 Å². The average Bonchev–Trinajstić information content (AvgIpc) is 2.67. The van der Waals surface area contributed by atoms with E-state index in [0.29, 0.717) is 6.04 Å². The molecule has 10 heteroatoms. The zero-order chi connectivity index (χ0) is 21.9. The van der Waals surface area contributed by atoms with Crippen LogP contribution in [-0.4, -0.2) is 66.2 Å². The number of aryl methyl sites for hydroxylation is 1. The molecule has 2 aliphatic rings. The highest BCUT2D eigenvalue weighted by Gasteiger charge is 2.38.